The highest BCUT2D eigenvalue weighted by Crippen LogP contribution is 2.28. The topological polar surface area (TPSA) is 70.6 Å². The lowest BCUT2D eigenvalue weighted by Gasteiger charge is -2.24. The molecule has 1 heterocycles. The molecule has 1 amide bonds. The van der Waals surface area contributed by atoms with Gasteiger partial charge in [0.2, 0.25) is 16.4 Å². The quantitative estimate of drug-likeness (QED) is 0.382. The molecule has 0 bridgehead atoms. The van der Waals surface area contributed by atoms with Crippen molar-refractivity contribution in [2.24, 2.45) is 0 Å². The number of hydrogen-bond donors (Lipinski definition) is 0. The first-order valence-electron chi connectivity index (χ1n) is 10.0. The molecule has 0 fully saturated rings. The molecule has 3 aromatic rings. The minimum atomic E-state index is -4.55. The summed E-state index contributed by atoms with van der Waals surface area (Å²) in [5.74, 6) is 0. The number of nitrogens with zero attached hydrogens (tertiary/aromatic N) is 3. The highest BCUT2D eigenvalue weighted by atomic mass is 35.5. The monoisotopic (exact) mass is 511 g/mol. The second-order valence-corrected chi connectivity index (χ2v) is 9.79. The van der Waals surface area contributed by atoms with Crippen LogP contribution in [0.25, 0.3) is 0 Å². The average molecular weight is 512 g/mol. The Kier molecular flexibility index (Phi) is 7.83. The molecule has 0 spiro atoms. The fourth-order valence-electron chi connectivity index (χ4n) is 3.29. The summed E-state index contributed by atoms with van der Waals surface area (Å²) in [5, 5.41) is 0.547. The number of amides is 1. The van der Waals surface area contributed by atoms with Crippen molar-refractivity contribution in [3.05, 3.63) is 88.7 Å². The van der Waals surface area contributed by atoms with Gasteiger partial charge in [0.05, 0.1) is 18.5 Å². The number of sulfonamides is 1. The van der Waals surface area contributed by atoms with E-state index in [0.29, 0.717) is 34.8 Å². The molecule has 0 radical (unpaired) electrons. The van der Waals surface area contributed by atoms with Crippen molar-refractivity contribution in [3.8, 4) is 0 Å². The van der Waals surface area contributed by atoms with E-state index in [0.717, 1.165) is 24.1 Å². The molecule has 11 heteroatoms. The number of carbonyl (C=O) groups excluding carboxylic acids is 1. The highest BCUT2D eigenvalue weighted by molar-refractivity contribution is 7.92. The molecule has 0 aliphatic rings. The normalized spacial score (nSPS) is 11.8. The molecule has 180 valence electrons. The first-order chi connectivity index (χ1) is 16.0. The Morgan fingerprint density at radius 3 is 2.18 bits per heavy atom. The van der Waals surface area contributed by atoms with Crippen LogP contribution in [-0.4, -0.2) is 32.6 Å². The summed E-state index contributed by atoms with van der Waals surface area (Å²) in [5.41, 5.74) is 1.04. The molecular weight excluding hydrogens is 491 g/mol. The second kappa shape index (κ2) is 10.4. The fraction of sp³-hybridized carbons (Fsp3) is 0.217. The van der Waals surface area contributed by atoms with Crippen LogP contribution in [0.15, 0.2) is 66.9 Å². The van der Waals surface area contributed by atoms with E-state index in [1.54, 1.807) is 36.4 Å². The van der Waals surface area contributed by atoms with Gasteiger partial charge in [-0.25, -0.2) is 8.42 Å². The lowest BCUT2D eigenvalue weighted by Crippen LogP contribution is -2.32. The minimum Gasteiger partial charge on any atom is -0.311 e. The standard InChI is InChI=1S/C23H21ClF3N3O3S/c1-34(32,33)30(13-12-18-4-2-3-5-21(18)24)20-9-7-19(8-10-20)29(16-31)15-17-6-11-22(28-14-17)23(25,26)27/h2-11,14,16H,12-13,15H2,1H3. The van der Waals surface area contributed by atoms with Gasteiger partial charge >= 0.3 is 6.18 Å². The molecule has 0 unspecified atom stereocenters. The van der Waals surface area contributed by atoms with Gasteiger partial charge in [-0.2, -0.15) is 13.2 Å². The molecule has 6 nitrogen and oxygen atoms in total. The largest absolute Gasteiger partial charge is 0.433 e. The predicted molar refractivity (Wildman–Crippen MR) is 125 cm³/mol. The van der Waals surface area contributed by atoms with E-state index in [4.69, 9.17) is 11.6 Å². The lowest BCUT2D eigenvalue weighted by molar-refractivity contribution is -0.141. The van der Waals surface area contributed by atoms with Gasteiger partial charge in [0.25, 0.3) is 0 Å². The van der Waals surface area contributed by atoms with Crippen LogP contribution < -0.4 is 9.21 Å². The van der Waals surface area contributed by atoms with Gasteiger partial charge in [-0.15, -0.1) is 0 Å². The number of anilines is 2. The molecule has 0 saturated heterocycles. The minimum absolute atomic E-state index is 0.00369. The van der Waals surface area contributed by atoms with Gasteiger partial charge < -0.3 is 4.90 Å². The van der Waals surface area contributed by atoms with Crippen LogP contribution in [0, 0.1) is 0 Å². The number of carbonyl (C=O) groups is 1. The Labute approximate surface area is 200 Å². The van der Waals surface area contributed by atoms with Gasteiger partial charge in [0.1, 0.15) is 5.69 Å². The van der Waals surface area contributed by atoms with E-state index in [2.05, 4.69) is 4.98 Å². The van der Waals surface area contributed by atoms with Crippen LogP contribution in [0.5, 0.6) is 0 Å². The molecule has 2 aromatic carbocycles. The molecule has 0 atom stereocenters. The molecule has 0 N–H and O–H groups in total. The van der Waals surface area contributed by atoms with E-state index in [-0.39, 0.29) is 13.1 Å². The van der Waals surface area contributed by atoms with Crippen molar-refractivity contribution < 1.29 is 26.4 Å². The van der Waals surface area contributed by atoms with Gasteiger partial charge in [-0.05, 0) is 53.9 Å². The van der Waals surface area contributed by atoms with Gasteiger partial charge in [-0.3, -0.25) is 14.1 Å². The maximum atomic E-state index is 12.7. The SMILES string of the molecule is CS(=O)(=O)N(CCc1ccccc1Cl)c1ccc(N(C=O)Cc2ccc(C(F)(F)F)nc2)cc1. The third-order valence-electron chi connectivity index (χ3n) is 5.01. The van der Waals surface area contributed by atoms with E-state index >= 15 is 0 Å². The zero-order valence-electron chi connectivity index (χ0n) is 18.0. The number of halogens is 4. The zero-order chi connectivity index (χ0) is 24.9. The summed E-state index contributed by atoms with van der Waals surface area (Å²) in [6.45, 7) is 0.160. The van der Waals surface area contributed by atoms with E-state index < -0.39 is 21.9 Å². The number of benzene rings is 2. The number of aromatic nitrogens is 1. The average Bonchev–Trinajstić information content (AvgIpc) is 2.78. The second-order valence-electron chi connectivity index (χ2n) is 7.48. The Balaban J connectivity index is 1.76. The first kappa shape index (κ1) is 25.5. The van der Waals surface area contributed by atoms with Crippen LogP contribution in [0.1, 0.15) is 16.8 Å². The summed E-state index contributed by atoms with van der Waals surface area (Å²) in [7, 11) is -3.60. The maximum Gasteiger partial charge on any atom is 0.433 e. The number of hydrogen-bond acceptors (Lipinski definition) is 4. The fourth-order valence-corrected chi connectivity index (χ4v) is 4.45. The van der Waals surface area contributed by atoms with Crippen molar-refractivity contribution in [2.75, 3.05) is 22.0 Å². The van der Waals surface area contributed by atoms with Crippen molar-refractivity contribution in [1.29, 1.82) is 0 Å². The van der Waals surface area contributed by atoms with Crippen LogP contribution in [0.3, 0.4) is 0 Å². The van der Waals surface area contributed by atoms with Crippen molar-refractivity contribution in [1.82, 2.24) is 4.98 Å². The van der Waals surface area contributed by atoms with Crippen molar-refractivity contribution in [2.45, 2.75) is 19.1 Å². The van der Waals surface area contributed by atoms with E-state index in [1.807, 2.05) is 12.1 Å². The Bertz CT molecular complexity index is 1230. The zero-order valence-corrected chi connectivity index (χ0v) is 19.6. The summed E-state index contributed by atoms with van der Waals surface area (Å²) in [6.07, 6.45) is -1.44. The summed E-state index contributed by atoms with van der Waals surface area (Å²) >= 11 is 6.17. The summed E-state index contributed by atoms with van der Waals surface area (Å²) in [6, 6.07) is 15.5. The Hall–Kier alpha value is -3.11. The smallest absolute Gasteiger partial charge is 0.311 e. The van der Waals surface area contributed by atoms with E-state index in [9.17, 15) is 26.4 Å². The van der Waals surface area contributed by atoms with E-state index in [1.165, 1.54) is 15.3 Å². The molecule has 0 aliphatic carbocycles. The highest BCUT2D eigenvalue weighted by Gasteiger charge is 2.32. The van der Waals surface area contributed by atoms with Crippen molar-refractivity contribution in [3.63, 3.8) is 0 Å². The Morgan fingerprint density at radius 1 is 1.00 bits per heavy atom. The van der Waals surface area contributed by atoms with Gasteiger partial charge in [0, 0.05) is 23.5 Å². The third-order valence-corrected chi connectivity index (χ3v) is 6.57. The van der Waals surface area contributed by atoms with Crippen molar-refractivity contribution >= 4 is 39.4 Å². The number of rotatable bonds is 9. The van der Waals surface area contributed by atoms with Gasteiger partial charge in [0.15, 0.2) is 0 Å². The third kappa shape index (κ3) is 6.48. The van der Waals surface area contributed by atoms with Gasteiger partial charge in [-0.1, -0.05) is 35.9 Å². The Morgan fingerprint density at radius 2 is 1.65 bits per heavy atom. The molecule has 34 heavy (non-hydrogen) atoms. The van der Waals surface area contributed by atoms with Crippen LogP contribution in [0.2, 0.25) is 5.02 Å². The molecule has 1 aromatic heterocycles. The van der Waals surface area contributed by atoms with Crippen LogP contribution in [-0.2, 0) is 34.0 Å². The number of alkyl halides is 3. The summed E-state index contributed by atoms with van der Waals surface area (Å²) < 4.78 is 64.1. The number of pyridine rings is 1. The van der Waals surface area contributed by atoms with Crippen LogP contribution >= 0.6 is 11.6 Å². The molecule has 0 saturated carbocycles. The molecule has 0 aliphatic heterocycles. The summed E-state index contributed by atoms with van der Waals surface area (Å²) in [4.78, 5) is 16.3. The van der Waals surface area contributed by atoms with Crippen LogP contribution in [0.4, 0.5) is 24.5 Å². The lowest BCUT2D eigenvalue weighted by atomic mass is 10.1. The predicted octanol–water partition coefficient (Wildman–Crippen LogP) is 4.93. The molecule has 3 rings (SSSR count). The molecular formula is C23H21ClF3N3O3S. The first-order valence-corrected chi connectivity index (χ1v) is 12.3. The maximum absolute atomic E-state index is 12.7.